The van der Waals surface area contributed by atoms with Gasteiger partial charge in [-0.25, -0.2) is 0 Å². The maximum absolute atomic E-state index is 12.0. The summed E-state index contributed by atoms with van der Waals surface area (Å²) >= 11 is 0. The number of aliphatic carboxylic acids is 1. The molecule has 2 aliphatic rings. The topological polar surface area (TPSA) is 63.6 Å². The summed E-state index contributed by atoms with van der Waals surface area (Å²) in [5.74, 6) is -2.35. The van der Waals surface area contributed by atoms with Crippen LogP contribution in [0.25, 0.3) is 0 Å². The smallest absolute Gasteiger partial charge is 0.310 e. The van der Waals surface area contributed by atoms with E-state index < -0.39 is 23.4 Å². The number of carbonyl (C=O) groups excluding carboxylic acids is 1. The number of fused-ring (bicyclic) bond motifs is 2. The van der Waals surface area contributed by atoms with Crippen LogP contribution in [0.1, 0.15) is 27.2 Å². The van der Waals surface area contributed by atoms with Gasteiger partial charge in [0.15, 0.2) is 0 Å². The highest BCUT2D eigenvalue weighted by molar-refractivity contribution is 5.83. The van der Waals surface area contributed by atoms with Gasteiger partial charge in [0.1, 0.15) is 5.60 Å². The molecule has 0 saturated heterocycles. The van der Waals surface area contributed by atoms with E-state index in [0.29, 0.717) is 0 Å². The van der Waals surface area contributed by atoms with Gasteiger partial charge in [0.05, 0.1) is 11.8 Å². The second-order valence-corrected chi connectivity index (χ2v) is 5.87. The maximum Gasteiger partial charge on any atom is 0.310 e. The molecule has 0 unspecified atom stereocenters. The number of rotatable bonds is 2. The summed E-state index contributed by atoms with van der Waals surface area (Å²) in [6.45, 7) is 5.39. The standard InChI is InChI=1S/C13H18O4/c1-13(2,3)17-12(16)10-8-5-4-7(6-8)9(10)11(14)15/h4-5,7-10H,6H2,1-3H3,(H,14,15)/t7-,8+,9-,10-/m0/s1. The van der Waals surface area contributed by atoms with E-state index in [2.05, 4.69) is 0 Å². The lowest BCUT2D eigenvalue weighted by Crippen LogP contribution is -2.37. The van der Waals surface area contributed by atoms with E-state index in [1.165, 1.54) is 0 Å². The Morgan fingerprint density at radius 2 is 1.71 bits per heavy atom. The largest absolute Gasteiger partial charge is 0.481 e. The van der Waals surface area contributed by atoms with Crippen molar-refractivity contribution < 1.29 is 19.4 Å². The lowest BCUT2D eigenvalue weighted by atomic mass is 9.83. The summed E-state index contributed by atoms with van der Waals surface area (Å²) < 4.78 is 5.32. The third kappa shape index (κ3) is 2.21. The summed E-state index contributed by atoms with van der Waals surface area (Å²) in [5, 5.41) is 9.21. The molecule has 2 rings (SSSR count). The van der Waals surface area contributed by atoms with Crippen LogP contribution in [0.3, 0.4) is 0 Å². The van der Waals surface area contributed by atoms with Crippen LogP contribution in [-0.2, 0) is 14.3 Å². The van der Waals surface area contributed by atoms with Crippen molar-refractivity contribution in [2.75, 3.05) is 0 Å². The number of carboxylic acids is 1. The number of hydrogen-bond donors (Lipinski definition) is 1. The van der Waals surface area contributed by atoms with Crippen LogP contribution in [0.4, 0.5) is 0 Å². The van der Waals surface area contributed by atoms with Crippen LogP contribution < -0.4 is 0 Å². The number of hydrogen-bond acceptors (Lipinski definition) is 3. The van der Waals surface area contributed by atoms with E-state index in [1.807, 2.05) is 12.2 Å². The molecule has 2 bridgehead atoms. The Hall–Kier alpha value is -1.32. The predicted octanol–water partition coefficient (Wildman–Crippen LogP) is 1.85. The minimum absolute atomic E-state index is 0.00461. The number of carbonyl (C=O) groups is 2. The van der Waals surface area contributed by atoms with Crippen molar-refractivity contribution in [2.45, 2.75) is 32.8 Å². The molecule has 17 heavy (non-hydrogen) atoms. The van der Waals surface area contributed by atoms with Crippen molar-refractivity contribution in [1.29, 1.82) is 0 Å². The first-order chi connectivity index (χ1) is 7.79. The van der Waals surface area contributed by atoms with Crippen LogP contribution >= 0.6 is 0 Å². The quantitative estimate of drug-likeness (QED) is 0.589. The number of ether oxygens (including phenoxy) is 1. The first-order valence-electron chi connectivity index (χ1n) is 5.93. The first kappa shape index (κ1) is 12.1. The molecule has 4 nitrogen and oxygen atoms in total. The zero-order chi connectivity index (χ0) is 12.8. The van der Waals surface area contributed by atoms with Gasteiger partial charge >= 0.3 is 11.9 Å². The fourth-order valence-corrected chi connectivity index (χ4v) is 2.85. The average Bonchev–Trinajstić information content (AvgIpc) is 2.72. The molecule has 1 N–H and O–H groups in total. The van der Waals surface area contributed by atoms with Crippen LogP contribution in [0.5, 0.6) is 0 Å². The number of esters is 1. The van der Waals surface area contributed by atoms with Gasteiger partial charge in [-0.15, -0.1) is 0 Å². The van der Waals surface area contributed by atoms with Gasteiger partial charge in [-0.05, 0) is 39.0 Å². The predicted molar refractivity (Wildman–Crippen MR) is 61.2 cm³/mol. The highest BCUT2D eigenvalue weighted by Crippen LogP contribution is 2.48. The Kier molecular flexibility index (Phi) is 2.76. The molecule has 0 aromatic heterocycles. The molecule has 4 atom stereocenters. The minimum Gasteiger partial charge on any atom is -0.481 e. The average molecular weight is 238 g/mol. The van der Waals surface area contributed by atoms with Crippen molar-refractivity contribution in [1.82, 2.24) is 0 Å². The van der Waals surface area contributed by atoms with E-state index in [4.69, 9.17) is 4.74 Å². The number of carboxylic acid groups (broad SMARTS) is 1. The monoisotopic (exact) mass is 238 g/mol. The Morgan fingerprint density at radius 3 is 2.18 bits per heavy atom. The van der Waals surface area contributed by atoms with Crippen molar-refractivity contribution in [3.05, 3.63) is 12.2 Å². The Balaban J connectivity index is 2.17. The number of allylic oxidation sites excluding steroid dienone is 2. The second-order valence-electron chi connectivity index (χ2n) is 5.87. The molecule has 0 radical (unpaired) electrons. The minimum atomic E-state index is -0.891. The van der Waals surface area contributed by atoms with Gasteiger partial charge in [-0.1, -0.05) is 12.2 Å². The summed E-state index contributed by atoms with van der Waals surface area (Å²) in [5.41, 5.74) is -0.564. The van der Waals surface area contributed by atoms with Crippen LogP contribution in [0.15, 0.2) is 12.2 Å². The van der Waals surface area contributed by atoms with Crippen molar-refractivity contribution in [2.24, 2.45) is 23.7 Å². The molecule has 94 valence electrons. The lowest BCUT2D eigenvalue weighted by Gasteiger charge is -2.27. The molecule has 2 aliphatic carbocycles. The molecule has 4 heteroatoms. The zero-order valence-electron chi connectivity index (χ0n) is 10.3. The van der Waals surface area contributed by atoms with Crippen molar-refractivity contribution >= 4 is 11.9 Å². The molecule has 1 saturated carbocycles. The molecule has 0 aliphatic heterocycles. The lowest BCUT2D eigenvalue weighted by molar-refractivity contribution is -0.167. The maximum atomic E-state index is 12.0. The Morgan fingerprint density at radius 1 is 1.18 bits per heavy atom. The fourth-order valence-electron chi connectivity index (χ4n) is 2.85. The second kappa shape index (κ2) is 3.86. The van der Waals surface area contributed by atoms with E-state index >= 15 is 0 Å². The highest BCUT2D eigenvalue weighted by atomic mass is 16.6. The van der Waals surface area contributed by atoms with Gasteiger partial charge in [0.2, 0.25) is 0 Å². The Labute approximate surface area is 101 Å². The molecule has 0 spiro atoms. The zero-order valence-corrected chi connectivity index (χ0v) is 10.3. The van der Waals surface area contributed by atoms with Crippen LogP contribution in [0, 0.1) is 23.7 Å². The Bertz CT molecular complexity index is 377. The van der Waals surface area contributed by atoms with E-state index in [-0.39, 0.29) is 17.8 Å². The van der Waals surface area contributed by atoms with E-state index in [9.17, 15) is 14.7 Å². The van der Waals surface area contributed by atoms with Gasteiger partial charge < -0.3 is 9.84 Å². The molecular formula is C13H18O4. The van der Waals surface area contributed by atoms with E-state index in [0.717, 1.165) is 6.42 Å². The summed E-state index contributed by atoms with van der Waals surface area (Å²) in [6.07, 6.45) is 4.64. The fraction of sp³-hybridized carbons (Fsp3) is 0.692. The van der Waals surface area contributed by atoms with Gasteiger partial charge in [0.25, 0.3) is 0 Å². The highest BCUT2D eigenvalue weighted by Gasteiger charge is 2.52. The normalized spacial score (nSPS) is 35.0. The molecular weight excluding hydrogens is 220 g/mol. The summed E-state index contributed by atoms with van der Waals surface area (Å²) in [4.78, 5) is 23.3. The van der Waals surface area contributed by atoms with Gasteiger partial charge in [0, 0.05) is 0 Å². The molecule has 0 aromatic rings. The van der Waals surface area contributed by atoms with Gasteiger partial charge in [-0.3, -0.25) is 9.59 Å². The van der Waals surface area contributed by atoms with Crippen molar-refractivity contribution in [3.8, 4) is 0 Å². The molecule has 0 amide bonds. The van der Waals surface area contributed by atoms with E-state index in [1.54, 1.807) is 20.8 Å². The SMILES string of the molecule is CC(C)(C)OC(=O)[C@@H]1[C@@H](C(=O)O)[C@H]2C=C[C@@H]1C2. The molecule has 0 aromatic carbocycles. The van der Waals surface area contributed by atoms with Gasteiger partial charge in [-0.2, -0.15) is 0 Å². The first-order valence-corrected chi connectivity index (χ1v) is 5.93. The molecule has 0 heterocycles. The summed E-state index contributed by atoms with van der Waals surface area (Å²) in [7, 11) is 0. The molecule has 1 fully saturated rings. The third-order valence-electron chi connectivity index (χ3n) is 3.42. The van der Waals surface area contributed by atoms with Crippen molar-refractivity contribution in [3.63, 3.8) is 0 Å². The van der Waals surface area contributed by atoms with Crippen LogP contribution in [0.2, 0.25) is 0 Å². The summed E-state index contributed by atoms with van der Waals surface area (Å²) in [6, 6.07) is 0. The van der Waals surface area contributed by atoms with Crippen LogP contribution in [-0.4, -0.2) is 22.6 Å². The third-order valence-corrected chi connectivity index (χ3v) is 3.42.